The molecular formula is C20H17F6N3O. The van der Waals surface area contributed by atoms with Gasteiger partial charge in [0.05, 0.1) is 22.9 Å². The highest BCUT2D eigenvalue weighted by molar-refractivity contribution is 5.84. The molecule has 1 N–H and O–H groups in total. The number of nitrogens with zero attached hydrogens (tertiary/aromatic N) is 2. The number of benzene rings is 2. The first-order chi connectivity index (χ1) is 14.0. The van der Waals surface area contributed by atoms with E-state index in [0.717, 1.165) is 24.3 Å². The van der Waals surface area contributed by atoms with Crippen LogP contribution in [0.3, 0.4) is 0 Å². The fourth-order valence-electron chi connectivity index (χ4n) is 3.25. The lowest BCUT2D eigenvalue weighted by Crippen LogP contribution is -2.35. The van der Waals surface area contributed by atoms with Gasteiger partial charge in [0.1, 0.15) is 11.9 Å². The SMILES string of the molecule is CC(C)C(C(=O)NCc1ccc(F)cc1C(F)(F)F)n1cnc2cc(F)c(F)cc21. The molecule has 3 rings (SSSR count). The summed E-state index contributed by atoms with van der Waals surface area (Å²) in [6.45, 7) is 2.89. The van der Waals surface area contributed by atoms with E-state index in [1.54, 1.807) is 13.8 Å². The number of carbonyl (C=O) groups excluding carboxylic acids is 1. The molecule has 0 saturated carbocycles. The van der Waals surface area contributed by atoms with Crippen LogP contribution < -0.4 is 5.32 Å². The number of alkyl halides is 3. The molecule has 0 aliphatic heterocycles. The molecule has 0 spiro atoms. The van der Waals surface area contributed by atoms with Gasteiger partial charge in [0.25, 0.3) is 0 Å². The van der Waals surface area contributed by atoms with Gasteiger partial charge in [0.2, 0.25) is 5.91 Å². The summed E-state index contributed by atoms with van der Waals surface area (Å²) in [6.07, 6.45) is -3.55. The first kappa shape index (κ1) is 21.7. The van der Waals surface area contributed by atoms with Crippen molar-refractivity contribution in [3.63, 3.8) is 0 Å². The summed E-state index contributed by atoms with van der Waals surface area (Å²) in [5, 5.41) is 2.41. The van der Waals surface area contributed by atoms with E-state index < -0.39 is 47.7 Å². The van der Waals surface area contributed by atoms with Crippen molar-refractivity contribution in [1.82, 2.24) is 14.9 Å². The maximum Gasteiger partial charge on any atom is 0.416 e. The van der Waals surface area contributed by atoms with Crippen LogP contribution >= 0.6 is 0 Å². The third-order valence-electron chi connectivity index (χ3n) is 4.65. The molecule has 10 heteroatoms. The number of fused-ring (bicyclic) bond motifs is 1. The van der Waals surface area contributed by atoms with Gasteiger partial charge in [-0.15, -0.1) is 0 Å². The van der Waals surface area contributed by atoms with Crippen molar-refractivity contribution in [2.75, 3.05) is 0 Å². The summed E-state index contributed by atoms with van der Waals surface area (Å²) in [5.74, 6) is -4.25. The molecule has 1 unspecified atom stereocenters. The number of hydrogen-bond donors (Lipinski definition) is 1. The summed E-state index contributed by atoms with van der Waals surface area (Å²) in [5.41, 5.74) is -1.19. The van der Waals surface area contributed by atoms with Gasteiger partial charge < -0.3 is 9.88 Å². The van der Waals surface area contributed by atoms with E-state index in [9.17, 15) is 31.1 Å². The smallest absolute Gasteiger partial charge is 0.350 e. The van der Waals surface area contributed by atoms with Gasteiger partial charge in [-0.25, -0.2) is 18.2 Å². The van der Waals surface area contributed by atoms with E-state index in [1.165, 1.54) is 10.9 Å². The zero-order valence-electron chi connectivity index (χ0n) is 15.9. The molecule has 0 saturated heterocycles. The van der Waals surface area contributed by atoms with Gasteiger partial charge in [0, 0.05) is 18.7 Å². The van der Waals surface area contributed by atoms with Crippen LogP contribution in [-0.2, 0) is 17.5 Å². The van der Waals surface area contributed by atoms with Crippen molar-refractivity contribution in [3.8, 4) is 0 Å². The van der Waals surface area contributed by atoms with E-state index >= 15 is 0 Å². The van der Waals surface area contributed by atoms with Crippen molar-refractivity contribution in [3.05, 3.63) is 65.2 Å². The van der Waals surface area contributed by atoms with Gasteiger partial charge in [-0.2, -0.15) is 13.2 Å². The van der Waals surface area contributed by atoms with Crippen molar-refractivity contribution in [2.45, 2.75) is 32.6 Å². The molecule has 4 nitrogen and oxygen atoms in total. The van der Waals surface area contributed by atoms with Crippen LogP contribution in [0.4, 0.5) is 26.3 Å². The Morgan fingerprint density at radius 3 is 2.40 bits per heavy atom. The predicted octanol–water partition coefficient (Wildman–Crippen LogP) is 4.99. The minimum absolute atomic E-state index is 0.130. The first-order valence-corrected chi connectivity index (χ1v) is 8.94. The number of imidazole rings is 1. The standard InChI is InChI=1S/C20H17F6N3O/c1-10(2)18(29-9-28-16-6-14(22)15(23)7-17(16)29)19(30)27-8-11-3-4-12(21)5-13(11)20(24,25)26/h3-7,9-10,18H,8H2,1-2H3,(H,27,30). The third-order valence-corrected chi connectivity index (χ3v) is 4.65. The van der Waals surface area contributed by atoms with Gasteiger partial charge in [0.15, 0.2) is 11.6 Å². The Morgan fingerprint density at radius 1 is 1.10 bits per heavy atom. The minimum atomic E-state index is -4.79. The first-order valence-electron chi connectivity index (χ1n) is 8.94. The second-order valence-corrected chi connectivity index (χ2v) is 7.11. The van der Waals surface area contributed by atoms with Crippen LogP contribution in [0.1, 0.15) is 31.0 Å². The van der Waals surface area contributed by atoms with Crippen molar-refractivity contribution >= 4 is 16.9 Å². The van der Waals surface area contributed by atoms with Gasteiger partial charge >= 0.3 is 6.18 Å². The molecule has 1 amide bonds. The maximum absolute atomic E-state index is 13.7. The Bertz CT molecular complexity index is 1090. The molecule has 1 atom stereocenters. The Hall–Kier alpha value is -3.04. The fraction of sp³-hybridized carbons (Fsp3) is 0.300. The number of amides is 1. The summed E-state index contributed by atoms with van der Waals surface area (Å²) in [4.78, 5) is 16.8. The molecule has 3 aromatic rings. The Kier molecular flexibility index (Phi) is 5.78. The van der Waals surface area contributed by atoms with Crippen LogP contribution in [0.15, 0.2) is 36.7 Å². The molecule has 0 aliphatic rings. The van der Waals surface area contributed by atoms with Crippen LogP contribution in [0.25, 0.3) is 11.0 Å². The van der Waals surface area contributed by atoms with Crippen LogP contribution in [-0.4, -0.2) is 15.5 Å². The molecule has 0 bridgehead atoms. The van der Waals surface area contributed by atoms with Crippen molar-refractivity contribution in [2.24, 2.45) is 5.92 Å². The van der Waals surface area contributed by atoms with Crippen LogP contribution in [0.5, 0.6) is 0 Å². The number of carbonyl (C=O) groups is 1. The average Bonchev–Trinajstić information content (AvgIpc) is 3.02. The average molecular weight is 429 g/mol. The molecule has 30 heavy (non-hydrogen) atoms. The molecular weight excluding hydrogens is 412 g/mol. The Morgan fingerprint density at radius 2 is 1.77 bits per heavy atom. The largest absolute Gasteiger partial charge is 0.416 e. The van der Waals surface area contributed by atoms with E-state index in [1.807, 2.05) is 0 Å². The van der Waals surface area contributed by atoms with E-state index in [4.69, 9.17) is 0 Å². The lowest BCUT2D eigenvalue weighted by molar-refractivity contribution is -0.138. The molecule has 0 radical (unpaired) electrons. The monoisotopic (exact) mass is 429 g/mol. The van der Waals surface area contributed by atoms with Crippen LogP contribution in [0.2, 0.25) is 0 Å². The molecule has 1 heterocycles. The quantitative estimate of drug-likeness (QED) is 0.582. The van der Waals surface area contributed by atoms with E-state index in [2.05, 4.69) is 10.3 Å². The van der Waals surface area contributed by atoms with Crippen molar-refractivity contribution < 1.29 is 31.1 Å². The zero-order chi connectivity index (χ0) is 22.2. The summed E-state index contributed by atoms with van der Waals surface area (Å²) < 4.78 is 81.1. The number of rotatable bonds is 5. The highest BCUT2D eigenvalue weighted by Crippen LogP contribution is 2.33. The second-order valence-electron chi connectivity index (χ2n) is 7.11. The highest BCUT2D eigenvalue weighted by atomic mass is 19.4. The molecule has 160 valence electrons. The summed E-state index contributed by atoms with van der Waals surface area (Å²) >= 11 is 0. The second kappa shape index (κ2) is 8.00. The van der Waals surface area contributed by atoms with Crippen molar-refractivity contribution in [1.29, 1.82) is 0 Å². The Balaban J connectivity index is 1.89. The van der Waals surface area contributed by atoms with Gasteiger partial charge in [-0.05, 0) is 23.6 Å². The van der Waals surface area contributed by atoms with Crippen LogP contribution in [0, 0.1) is 23.4 Å². The fourth-order valence-corrected chi connectivity index (χ4v) is 3.25. The summed E-state index contributed by atoms with van der Waals surface area (Å²) in [6, 6.07) is 3.04. The number of hydrogen-bond acceptors (Lipinski definition) is 2. The van der Waals surface area contributed by atoms with Gasteiger partial charge in [-0.1, -0.05) is 19.9 Å². The molecule has 0 fully saturated rings. The number of halogens is 6. The van der Waals surface area contributed by atoms with E-state index in [-0.39, 0.29) is 22.5 Å². The highest BCUT2D eigenvalue weighted by Gasteiger charge is 2.34. The van der Waals surface area contributed by atoms with E-state index in [0.29, 0.717) is 6.07 Å². The lowest BCUT2D eigenvalue weighted by atomic mass is 10.0. The van der Waals surface area contributed by atoms with Gasteiger partial charge in [-0.3, -0.25) is 4.79 Å². The topological polar surface area (TPSA) is 46.9 Å². The molecule has 1 aromatic heterocycles. The predicted molar refractivity (Wildman–Crippen MR) is 96.8 cm³/mol. The Labute approximate surface area is 167 Å². The molecule has 2 aromatic carbocycles. The minimum Gasteiger partial charge on any atom is -0.350 e. The lowest BCUT2D eigenvalue weighted by Gasteiger charge is -2.23. The number of nitrogens with one attached hydrogen (secondary N) is 1. The summed E-state index contributed by atoms with van der Waals surface area (Å²) in [7, 11) is 0. The third kappa shape index (κ3) is 4.27. The normalized spacial score (nSPS) is 13.1. The maximum atomic E-state index is 13.7. The molecule has 0 aliphatic carbocycles. The zero-order valence-corrected chi connectivity index (χ0v) is 15.9. The number of aromatic nitrogens is 2.